The van der Waals surface area contributed by atoms with Crippen molar-refractivity contribution in [3.8, 4) is 0 Å². The first-order chi connectivity index (χ1) is 8.18. The molecule has 1 N–H and O–H groups in total. The molecular formula is C11H9ClN2O2S. The molecule has 0 aliphatic rings. The predicted molar refractivity (Wildman–Crippen MR) is 65.4 cm³/mol. The lowest BCUT2D eigenvalue weighted by atomic mass is 10.00. The highest BCUT2D eigenvalue weighted by Gasteiger charge is 2.24. The largest absolute Gasteiger partial charge is 0.481 e. The summed E-state index contributed by atoms with van der Waals surface area (Å²) < 4.78 is 3.82. The first-order valence-electron chi connectivity index (χ1n) is 4.91. The molecule has 1 aromatic heterocycles. The highest BCUT2D eigenvalue weighted by molar-refractivity contribution is 7.05. The average molecular weight is 269 g/mol. The number of nitrogens with zero attached hydrogens (tertiary/aromatic N) is 2. The number of halogens is 1. The zero-order valence-corrected chi connectivity index (χ0v) is 10.3. The third-order valence-electron chi connectivity index (χ3n) is 2.36. The Kier molecular flexibility index (Phi) is 3.71. The molecule has 6 heteroatoms. The number of rotatable bonds is 4. The van der Waals surface area contributed by atoms with Crippen molar-refractivity contribution >= 4 is 29.1 Å². The topological polar surface area (TPSA) is 63.1 Å². The summed E-state index contributed by atoms with van der Waals surface area (Å²) in [4.78, 5) is 15.2. The minimum absolute atomic E-state index is 0.324. The lowest BCUT2D eigenvalue weighted by molar-refractivity contribution is -0.138. The van der Waals surface area contributed by atoms with E-state index in [2.05, 4.69) is 9.36 Å². The minimum atomic E-state index is -0.915. The standard InChI is InChI=1S/C11H9ClN2O2S/c12-9-4-2-1-3-7(9)5-8(11(15)16)10-13-6-14-17-10/h1-4,6,8H,5H2,(H,15,16). The van der Waals surface area contributed by atoms with Gasteiger partial charge in [-0.2, -0.15) is 4.37 Å². The first-order valence-corrected chi connectivity index (χ1v) is 6.06. The summed E-state index contributed by atoms with van der Waals surface area (Å²) in [6, 6.07) is 7.21. The number of carbonyl (C=O) groups is 1. The molecule has 1 heterocycles. The quantitative estimate of drug-likeness (QED) is 0.926. The average Bonchev–Trinajstić information content (AvgIpc) is 2.81. The first kappa shape index (κ1) is 12.0. The summed E-state index contributed by atoms with van der Waals surface area (Å²) in [5.41, 5.74) is 0.803. The number of carboxylic acid groups (broad SMARTS) is 1. The van der Waals surface area contributed by atoms with E-state index in [0.717, 1.165) is 17.1 Å². The second kappa shape index (κ2) is 5.25. The van der Waals surface area contributed by atoms with Crippen molar-refractivity contribution in [2.24, 2.45) is 0 Å². The fraction of sp³-hybridized carbons (Fsp3) is 0.182. The molecule has 1 aromatic carbocycles. The van der Waals surface area contributed by atoms with Crippen LogP contribution in [0.25, 0.3) is 0 Å². The Labute approximate surface area is 107 Å². The number of hydrogen-bond acceptors (Lipinski definition) is 4. The van der Waals surface area contributed by atoms with Gasteiger partial charge in [-0.25, -0.2) is 4.98 Å². The fourth-order valence-electron chi connectivity index (χ4n) is 1.50. The van der Waals surface area contributed by atoms with Gasteiger partial charge in [-0.3, -0.25) is 4.79 Å². The molecule has 1 unspecified atom stereocenters. The van der Waals surface area contributed by atoms with E-state index in [-0.39, 0.29) is 0 Å². The minimum Gasteiger partial charge on any atom is -0.481 e. The summed E-state index contributed by atoms with van der Waals surface area (Å²) in [5, 5.41) is 10.3. The number of carboxylic acids is 1. The SMILES string of the molecule is O=C(O)C(Cc1ccccc1Cl)c1ncns1. The molecular weight excluding hydrogens is 260 g/mol. The molecule has 0 spiro atoms. The van der Waals surface area contributed by atoms with Crippen molar-refractivity contribution in [2.75, 3.05) is 0 Å². The maximum absolute atomic E-state index is 11.2. The molecule has 0 saturated carbocycles. The van der Waals surface area contributed by atoms with Gasteiger partial charge in [-0.15, -0.1) is 0 Å². The van der Waals surface area contributed by atoms with Crippen LogP contribution in [0, 0.1) is 0 Å². The van der Waals surface area contributed by atoms with Crippen LogP contribution in [0.1, 0.15) is 16.5 Å². The highest BCUT2D eigenvalue weighted by atomic mass is 35.5. The van der Waals surface area contributed by atoms with E-state index in [1.807, 2.05) is 18.2 Å². The van der Waals surface area contributed by atoms with Gasteiger partial charge in [0, 0.05) is 5.02 Å². The van der Waals surface area contributed by atoms with E-state index in [0.29, 0.717) is 16.5 Å². The van der Waals surface area contributed by atoms with Crippen molar-refractivity contribution in [2.45, 2.75) is 12.3 Å². The summed E-state index contributed by atoms with van der Waals surface area (Å²) in [6.07, 6.45) is 1.69. The molecule has 0 aliphatic carbocycles. The van der Waals surface area contributed by atoms with E-state index in [9.17, 15) is 9.90 Å². The van der Waals surface area contributed by atoms with Crippen LogP contribution in [-0.4, -0.2) is 20.4 Å². The van der Waals surface area contributed by atoms with Crippen LogP contribution < -0.4 is 0 Å². The number of hydrogen-bond donors (Lipinski definition) is 1. The van der Waals surface area contributed by atoms with Crippen LogP contribution >= 0.6 is 23.1 Å². The molecule has 88 valence electrons. The van der Waals surface area contributed by atoms with Crippen molar-refractivity contribution in [1.82, 2.24) is 9.36 Å². The molecule has 0 amide bonds. The molecule has 0 bridgehead atoms. The van der Waals surface area contributed by atoms with Crippen molar-refractivity contribution in [3.05, 3.63) is 46.2 Å². The molecule has 17 heavy (non-hydrogen) atoms. The third kappa shape index (κ3) is 2.81. The number of aliphatic carboxylic acids is 1. The molecule has 0 radical (unpaired) electrons. The third-order valence-corrected chi connectivity index (χ3v) is 3.50. The van der Waals surface area contributed by atoms with E-state index in [4.69, 9.17) is 11.6 Å². The summed E-state index contributed by atoms with van der Waals surface area (Å²) in [7, 11) is 0. The van der Waals surface area contributed by atoms with E-state index in [1.165, 1.54) is 6.33 Å². The van der Waals surface area contributed by atoms with E-state index in [1.54, 1.807) is 6.07 Å². The van der Waals surface area contributed by atoms with Gasteiger partial charge < -0.3 is 5.11 Å². The molecule has 0 aliphatic heterocycles. The van der Waals surface area contributed by atoms with Gasteiger partial charge >= 0.3 is 5.97 Å². The van der Waals surface area contributed by atoms with Gasteiger partial charge in [-0.1, -0.05) is 29.8 Å². The number of benzene rings is 1. The molecule has 4 nitrogen and oxygen atoms in total. The molecule has 0 fully saturated rings. The summed E-state index contributed by atoms with van der Waals surface area (Å²) >= 11 is 7.11. The van der Waals surface area contributed by atoms with Crippen LogP contribution in [0.15, 0.2) is 30.6 Å². The molecule has 2 aromatic rings. The van der Waals surface area contributed by atoms with Crippen molar-refractivity contribution in [1.29, 1.82) is 0 Å². The maximum atomic E-state index is 11.2. The van der Waals surface area contributed by atoms with Crippen LogP contribution in [0.2, 0.25) is 5.02 Å². The zero-order chi connectivity index (χ0) is 12.3. The van der Waals surface area contributed by atoms with Gasteiger partial charge in [0.15, 0.2) is 0 Å². The monoisotopic (exact) mass is 268 g/mol. The smallest absolute Gasteiger partial charge is 0.313 e. The van der Waals surface area contributed by atoms with Gasteiger partial charge in [0.05, 0.1) is 0 Å². The van der Waals surface area contributed by atoms with Gasteiger partial charge in [0.1, 0.15) is 17.3 Å². The summed E-state index contributed by atoms with van der Waals surface area (Å²) in [6.45, 7) is 0. The van der Waals surface area contributed by atoms with Gasteiger partial charge in [0.25, 0.3) is 0 Å². The van der Waals surface area contributed by atoms with Crippen LogP contribution in [0.3, 0.4) is 0 Å². The van der Waals surface area contributed by atoms with Crippen molar-refractivity contribution < 1.29 is 9.90 Å². The van der Waals surface area contributed by atoms with Crippen LogP contribution in [0.4, 0.5) is 0 Å². The van der Waals surface area contributed by atoms with Crippen LogP contribution in [0.5, 0.6) is 0 Å². The highest BCUT2D eigenvalue weighted by Crippen LogP contribution is 2.25. The number of aromatic nitrogens is 2. The van der Waals surface area contributed by atoms with Crippen LogP contribution in [-0.2, 0) is 11.2 Å². The Morgan fingerprint density at radius 3 is 2.82 bits per heavy atom. The fourth-order valence-corrected chi connectivity index (χ4v) is 2.32. The second-order valence-electron chi connectivity index (χ2n) is 3.47. The van der Waals surface area contributed by atoms with E-state index < -0.39 is 11.9 Å². The lowest BCUT2D eigenvalue weighted by Gasteiger charge is -2.09. The molecule has 0 saturated heterocycles. The van der Waals surface area contributed by atoms with E-state index >= 15 is 0 Å². The second-order valence-corrected chi connectivity index (χ2v) is 4.68. The lowest BCUT2D eigenvalue weighted by Crippen LogP contribution is -2.14. The zero-order valence-electron chi connectivity index (χ0n) is 8.71. The summed E-state index contributed by atoms with van der Waals surface area (Å²) in [5.74, 6) is -1.61. The Morgan fingerprint density at radius 1 is 1.47 bits per heavy atom. The Morgan fingerprint density at radius 2 is 2.24 bits per heavy atom. The van der Waals surface area contributed by atoms with Crippen molar-refractivity contribution in [3.63, 3.8) is 0 Å². The maximum Gasteiger partial charge on any atom is 0.313 e. The Balaban J connectivity index is 2.26. The molecule has 2 rings (SSSR count). The Hall–Kier alpha value is -1.46. The normalized spacial score (nSPS) is 12.3. The van der Waals surface area contributed by atoms with Gasteiger partial charge in [0.2, 0.25) is 0 Å². The molecule has 1 atom stereocenters. The Bertz CT molecular complexity index is 516. The van der Waals surface area contributed by atoms with Gasteiger partial charge in [-0.05, 0) is 29.6 Å². The predicted octanol–water partition coefficient (Wildman–Crippen LogP) is 2.60.